The zero-order chi connectivity index (χ0) is 2.71. The Hall–Kier alpha value is 0.500. The first-order chi connectivity index (χ1) is 1.41. The van der Waals surface area contributed by atoms with Gasteiger partial charge in [-0.15, -0.1) is 0 Å². The molecular weight excluding hydrogens is 103 g/mol. The van der Waals surface area contributed by atoms with Crippen molar-refractivity contribution in [3.63, 3.8) is 0 Å². The summed E-state index contributed by atoms with van der Waals surface area (Å²) in [7, 11) is 0. The third kappa shape index (κ3) is 22.5. The fourth-order valence-electron chi connectivity index (χ4n) is 0. The molecule has 0 N–H and O–H groups in total. The van der Waals surface area contributed by atoms with E-state index in [-0.39, 0.29) is 5.48 Å². The summed E-state index contributed by atoms with van der Waals surface area (Å²) in [4.78, 5) is 0. The summed E-state index contributed by atoms with van der Waals surface area (Å²) in [6, 6.07) is 0. The van der Waals surface area contributed by atoms with Crippen LogP contribution in [0.5, 0.6) is 0 Å². The van der Waals surface area contributed by atoms with Crippen LogP contribution < -0.4 is 0 Å². The molecule has 0 saturated heterocycles. The molecular formula is Cl2O2. The lowest BCUT2D eigenvalue weighted by Gasteiger charge is -1.46. The minimum atomic E-state index is 0. The molecule has 2 radical (unpaired) electrons. The van der Waals surface area contributed by atoms with E-state index >= 15 is 0 Å². The fourth-order valence-corrected chi connectivity index (χ4v) is 0. The Bertz CT molecular complexity index is 4.00. The topological polar surface area (TPSA) is 37.7 Å². The van der Waals surface area contributed by atoms with Crippen molar-refractivity contribution in [3.8, 4) is 0 Å². The minimum Gasteiger partial charge on any atom is -0.166 e. The number of hydrogen-bond acceptors (Lipinski definition) is 1. The highest BCUT2D eigenvalue weighted by molar-refractivity contribution is 6.24. The van der Waals surface area contributed by atoms with Crippen LogP contribution in [0.3, 0.4) is 0 Å². The Morgan fingerprint density at radius 2 is 1.25 bits per heavy atom. The summed E-state index contributed by atoms with van der Waals surface area (Å²) in [5.41, 5.74) is 0. The van der Waals surface area contributed by atoms with Gasteiger partial charge in [0.1, 0.15) is 0 Å². The molecule has 0 atom stereocenters. The number of hydrogen-bond donors (Lipinski definition) is 0. The molecule has 0 fully saturated rings. The molecule has 26 valence electrons. The van der Waals surface area contributed by atoms with Gasteiger partial charge in [-0.05, 0) is 0 Å². The number of halogens is 2. The maximum atomic E-state index is 4.26. The molecule has 2 nitrogen and oxygen atoms in total. The molecule has 0 bridgehead atoms. The maximum absolute atomic E-state index is 4.26. The molecule has 0 rings (SSSR count). The first-order valence-corrected chi connectivity index (χ1v) is 0.926. The standard InChI is InChI=1S/Cl2O.O/c1-3-2;. The summed E-state index contributed by atoms with van der Waals surface area (Å²) in [5, 5.41) is 0. The molecule has 0 aromatic carbocycles. The second kappa shape index (κ2) is 9.72. The van der Waals surface area contributed by atoms with Crippen LogP contribution in [0, 0.1) is 0 Å². The maximum Gasteiger partial charge on any atom is 0.0832 e. The molecule has 0 spiro atoms. The van der Waals surface area contributed by atoms with Crippen molar-refractivity contribution in [2.75, 3.05) is 0 Å². The summed E-state index contributed by atoms with van der Waals surface area (Å²) in [6.45, 7) is 0. The highest BCUT2D eigenvalue weighted by atomic mass is 35.6. The Balaban J connectivity index is 0. The molecule has 0 heterocycles. The normalized spacial score (nSPS) is 4.50. The summed E-state index contributed by atoms with van der Waals surface area (Å²) in [6.07, 6.45) is 0. The highest BCUT2D eigenvalue weighted by Crippen LogP contribution is 1.78. The van der Waals surface area contributed by atoms with E-state index in [1.165, 1.54) is 0 Å². The van der Waals surface area contributed by atoms with Crippen molar-refractivity contribution in [2.45, 2.75) is 0 Å². The molecule has 0 aliphatic rings. The van der Waals surface area contributed by atoms with E-state index in [9.17, 15) is 0 Å². The van der Waals surface area contributed by atoms with Crippen LogP contribution in [0.4, 0.5) is 0 Å². The molecule has 0 unspecified atom stereocenters. The lowest BCUT2D eigenvalue weighted by molar-refractivity contribution is 0.686. The first kappa shape index (κ1) is 8.82. The smallest absolute Gasteiger partial charge is 0.0832 e. The van der Waals surface area contributed by atoms with Crippen molar-refractivity contribution < 1.29 is 9.32 Å². The van der Waals surface area contributed by atoms with Gasteiger partial charge in [0.2, 0.25) is 0 Å². The molecule has 0 aromatic heterocycles. The van der Waals surface area contributed by atoms with Gasteiger partial charge < -0.3 is 0 Å². The summed E-state index contributed by atoms with van der Waals surface area (Å²) < 4.78 is 3.19. The predicted octanol–water partition coefficient (Wildman–Crippen LogP) is 1.19. The van der Waals surface area contributed by atoms with Crippen LogP contribution >= 0.6 is 23.7 Å². The predicted molar refractivity (Wildman–Crippen MR) is 13.5 cm³/mol. The Labute approximate surface area is 33.9 Å². The van der Waals surface area contributed by atoms with Crippen molar-refractivity contribution in [3.05, 3.63) is 0 Å². The molecule has 0 amide bonds. The van der Waals surface area contributed by atoms with Gasteiger partial charge in [-0.1, -0.05) is 0 Å². The van der Waals surface area contributed by atoms with Gasteiger partial charge in [-0.2, -0.15) is 3.84 Å². The van der Waals surface area contributed by atoms with E-state index in [1.807, 2.05) is 0 Å². The summed E-state index contributed by atoms with van der Waals surface area (Å²) >= 11 is 8.53. The molecule has 4 heteroatoms. The Morgan fingerprint density at radius 1 is 1.25 bits per heavy atom. The Morgan fingerprint density at radius 3 is 1.25 bits per heavy atom. The third-order valence-corrected chi connectivity index (χ3v) is 0. The SMILES string of the molecule is ClOCl.[O]. The highest BCUT2D eigenvalue weighted by Gasteiger charge is 1.38. The van der Waals surface area contributed by atoms with Crippen LogP contribution in [0.25, 0.3) is 0 Å². The lowest BCUT2D eigenvalue weighted by atomic mass is 15.9. The van der Waals surface area contributed by atoms with Crippen LogP contribution in [0.1, 0.15) is 0 Å². The van der Waals surface area contributed by atoms with Gasteiger partial charge >= 0.3 is 0 Å². The molecule has 0 aromatic rings. The van der Waals surface area contributed by atoms with Crippen molar-refractivity contribution in [2.24, 2.45) is 0 Å². The zero-order valence-electron chi connectivity index (χ0n) is 1.57. The molecule has 0 aliphatic heterocycles. The first-order valence-electron chi connectivity index (χ1n) is 0.309. The van der Waals surface area contributed by atoms with Crippen LogP contribution in [-0.2, 0) is 9.32 Å². The average molecular weight is 103 g/mol. The molecule has 0 saturated carbocycles. The van der Waals surface area contributed by atoms with E-state index in [0.29, 0.717) is 0 Å². The van der Waals surface area contributed by atoms with E-state index in [2.05, 4.69) is 27.6 Å². The Kier molecular flexibility index (Phi) is 21.4. The van der Waals surface area contributed by atoms with Crippen molar-refractivity contribution >= 4 is 23.7 Å². The van der Waals surface area contributed by atoms with E-state index in [0.717, 1.165) is 0 Å². The van der Waals surface area contributed by atoms with Crippen LogP contribution in [0.15, 0.2) is 0 Å². The largest absolute Gasteiger partial charge is 0.166 e. The van der Waals surface area contributed by atoms with Crippen molar-refractivity contribution in [1.29, 1.82) is 0 Å². The van der Waals surface area contributed by atoms with Gasteiger partial charge in [0.15, 0.2) is 0 Å². The molecule has 4 heavy (non-hydrogen) atoms. The van der Waals surface area contributed by atoms with Crippen molar-refractivity contribution in [1.82, 2.24) is 0 Å². The van der Waals surface area contributed by atoms with E-state index in [4.69, 9.17) is 0 Å². The minimum absolute atomic E-state index is 0. The number of rotatable bonds is 0. The average Bonchev–Trinajstić information content (AvgIpc) is 0.918. The quantitative estimate of drug-likeness (QED) is 0.453. The van der Waals surface area contributed by atoms with Gasteiger partial charge in [0.25, 0.3) is 0 Å². The van der Waals surface area contributed by atoms with Crippen LogP contribution in [-0.4, -0.2) is 0 Å². The third-order valence-electron chi connectivity index (χ3n) is 0. The van der Waals surface area contributed by atoms with E-state index < -0.39 is 0 Å². The van der Waals surface area contributed by atoms with Gasteiger partial charge in [0, 0.05) is 5.48 Å². The zero-order valence-corrected chi connectivity index (χ0v) is 3.08. The second-order valence-corrected chi connectivity index (χ2v) is 0.525. The fraction of sp³-hybridized carbons (Fsp3) is 0. The molecule has 0 aliphatic carbocycles. The monoisotopic (exact) mass is 102 g/mol. The summed E-state index contributed by atoms with van der Waals surface area (Å²) in [5.74, 6) is 0. The van der Waals surface area contributed by atoms with Gasteiger partial charge in [0.05, 0.1) is 23.7 Å². The lowest BCUT2D eigenvalue weighted by Crippen LogP contribution is -1.15. The van der Waals surface area contributed by atoms with Gasteiger partial charge in [-0.25, -0.2) is 0 Å². The van der Waals surface area contributed by atoms with E-state index in [1.54, 1.807) is 0 Å². The second-order valence-electron chi connectivity index (χ2n) is 0.0583. The van der Waals surface area contributed by atoms with Gasteiger partial charge in [-0.3, -0.25) is 0 Å². The van der Waals surface area contributed by atoms with Crippen LogP contribution in [0.2, 0.25) is 0 Å².